The highest BCUT2D eigenvalue weighted by atomic mass is 19.1. The number of hydrogen-bond donors (Lipinski definition) is 1. The molecule has 0 amide bonds. The summed E-state index contributed by atoms with van der Waals surface area (Å²) in [7, 11) is 0. The third-order valence-electron chi connectivity index (χ3n) is 3.79. The molecule has 1 heterocycles. The normalized spacial score (nSPS) is 19.1. The van der Waals surface area contributed by atoms with E-state index >= 15 is 0 Å². The maximum atomic E-state index is 13.5. The summed E-state index contributed by atoms with van der Waals surface area (Å²) in [5, 5.41) is 10.6. The molecule has 0 saturated carbocycles. The predicted molar refractivity (Wildman–Crippen MR) is 75.4 cm³/mol. The maximum absolute atomic E-state index is 13.5. The lowest BCUT2D eigenvalue weighted by Crippen LogP contribution is -2.20. The van der Waals surface area contributed by atoms with Crippen LogP contribution in [0.2, 0.25) is 0 Å². The van der Waals surface area contributed by atoms with Crippen LogP contribution < -0.4 is 4.74 Å². The first kappa shape index (κ1) is 13.1. The minimum absolute atomic E-state index is 0.0545. The zero-order valence-corrected chi connectivity index (χ0v) is 11.3. The van der Waals surface area contributed by atoms with E-state index in [1.54, 1.807) is 0 Å². The Kier molecular flexibility index (Phi) is 3.45. The van der Waals surface area contributed by atoms with Gasteiger partial charge < -0.3 is 9.84 Å². The SMILES string of the molecule is Cc1cc(F)cc(C(O)C2CCOc3ccccc32)c1. The summed E-state index contributed by atoms with van der Waals surface area (Å²) in [5.41, 5.74) is 2.44. The van der Waals surface area contributed by atoms with Crippen LogP contribution in [0.5, 0.6) is 5.75 Å². The van der Waals surface area contributed by atoms with Crippen molar-refractivity contribution in [2.45, 2.75) is 25.4 Å². The van der Waals surface area contributed by atoms with E-state index in [-0.39, 0.29) is 11.7 Å². The van der Waals surface area contributed by atoms with Crippen molar-refractivity contribution in [3.05, 3.63) is 65.0 Å². The van der Waals surface area contributed by atoms with Gasteiger partial charge in [-0.05, 0) is 42.7 Å². The van der Waals surface area contributed by atoms with Gasteiger partial charge in [0, 0.05) is 11.5 Å². The Labute approximate surface area is 117 Å². The first-order valence-electron chi connectivity index (χ1n) is 6.82. The Morgan fingerprint density at radius 2 is 2.05 bits per heavy atom. The molecule has 2 nitrogen and oxygen atoms in total. The topological polar surface area (TPSA) is 29.5 Å². The lowest BCUT2D eigenvalue weighted by atomic mass is 9.85. The number of para-hydroxylation sites is 1. The van der Waals surface area contributed by atoms with Crippen LogP contribution in [-0.4, -0.2) is 11.7 Å². The molecule has 104 valence electrons. The van der Waals surface area contributed by atoms with E-state index in [2.05, 4.69) is 0 Å². The van der Waals surface area contributed by atoms with E-state index in [1.165, 1.54) is 12.1 Å². The molecular formula is C17H17FO2. The molecule has 0 aliphatic carbocycles. The van der Waals surface area contributed by atoms with Gasteiger partial charge in [0.05, 0.1) is 12.7 Å². The van der Waals surface area contributed by atoms with Crippen LogP contribution in [0, 0.1) is 12.7 Å². The maximum Gasteiger partial charge on any atom is 0.123 e. The minimum Gasteiger partial charge on any atom is -0.493 e. The molecule has 0 aromatic heterocycles. The van der Waals surface area contributed by atoms with Crippen molar-refractivity contribution in [1.82, 2.24) is 0 Å². The van der Waals surface area contributed by atoms with Gasteiger partial charge in [0.1, 0.15) is 11.6 Å². The monoisotopic (exact) mass is 272 g/mol. The van der Waals surface area contributed by atoms with E-state index < -0.39 is 6.10 Å². The molecule has 0 fully saturated rings. The third kappa shape index (κ3) is 2.41. The molecule has 0 radical (unpaired) electrons. The number of fused-ring (bicyclic) bond motifs is 1. The van der Waals surface area contributed by atoms with Crippen molar-refractivity contribution in [1.29, 1.82) is 0 Å². The average Bonchev–Trinajstić information content (AvgIpc) is 2.45. The summed E-state index contributed by atoms with van der Waals surface area (Å²) < 4.78 is 19.1. The fraction of sp³-hybridized carbons (Fsp3) is 0.294. The Hall–Kier alpha value is -1.87. The van der Waals surface area contributed by atoms with Crippen LogP contribution in [0.3, 0.4) is 0 Å². The molecule has 0 bridgehead atoms. The van der Waals surface area contributed by atoms with E-state index in [0.717, 1.165) is 23.3 Å². The van der Waals surface area contributed by atoms with Crippen LogP contribution in [0.15, 0.2) is 42.5 Å². The summed E-state index contributed by atoms with van der Waals surface area (Å²) >= 11 is 0. The predicted octanol–water partition coefficient (Wildman–Crippen LogP) is 3.73. The molecule has 3 rings (SSSR count). The van der Waals surface area contributed by atoms with Gasteiger partial charge in [-0.1, -0.05) is 24.3 Å². The fourth-order valence-corrected chi connectivity index (χ4v) is 2.87. The molecule has 2 aromatic carbocycles. The second-order valence-electron chi connectivity index (χ2n) is 5.29. The molecular weight excluding hydrogens is 255 g/mol. The fourth-order valence-electron chi connectivity index (χ4n) is 2.87. The average molecular weight is 272 g/mol. The molecule has 3 heteroatoms. The van der Waals surface area contributed by atoms with Crippen LogP contribution in [0.4, 0.5) is 4.39 Å². The van der Waals surface area contributed by atoms with Crippen LogP contribution in [0.1, 0.15) is 35.1 Å². The number of halogens is 1. The standard InChI is InChI=1S/C17H17FO2/c1-11-8-12(10-13(18)9-11)17(19)15-6-7-20-16-5-3-2-4-14(15)16/h2-5,8-10,15,17,19H,6-7H2,1H3. The molecule has 2 unspecified atom stereocenters. The highest BCUT2D eigenvalue weighted by Crippen LogP contribution is 2.41. The number of aryl methyl sites for hydroxylation is 1. The molecule has 20 heavy (non-hydrogen) atoms. The quantitative estimate of drug-likeness (QED) is 0.902. The highest BCUT2D eigenvalue weighted by Gasteiger charge is 2.28. The molecule has 1 aliphatic heterocycles. The lowest BCUT2D eigenvalue weighted by Gasteiger charge is -2.29. The van der Waals surface area contributed by atoms with Gasteiger partial charge >= 0.3 is 0 Å². The van der Waals surface area contributed by atoms with Gasteiger partial charge in [0.15, 0.2) is 0 Å². The molecule has 2 aromatic rings. The molecule has 2 atom stereocenters. The van der Waals surface area contributed by atoms with Crippen LogP contribution >= 0.6 is 0 Å². The number of rotatable bonds is 2. The van der Waals surface area contributed by atoms with Crippen molar-refractivity contribution in [3.63, 3.8) is 0 Å². The number of aliphatic hydroxyl groups excluding tert-OH is 1. The third-order valence-corrected chi connectivity index (χ3v) is 3.79. The summed E-state index contributed by atoms with van der Waals surface area (Å²) in [6.07, 6.45) is 0.0164. The van der Waals surface area contributed by atoms with E-state index in [0.29, 0.717) is 12.2 Å². The minimum atomic E-state index is -0.713. The van der Waals surface area contributed by atoms with E-state index in [9.17, 15) is 9.50 Å². The Balaban J connectivity index is 1.97. The molecule has 0 saturated heterocycles. The summed E-state index contributed by atoms with van der Waals surface area (Å²) in [4.78, 5) is 0. The van der Waals surface area contributed by atoms with Gasteiger partial charge in [-0.2, -0.15) is 0 Å². The first-order chi connectivity index (χ1) is 9.65. The van der Waals surface area contributed by atoms with Gasteiger partial charge in [0.25, 0.3) is 0 Å². The van der Waals surface area contributed by atoms with E-state index in [1.807, 2.05) is 37.3 Å². The largest absolute Gasteiger partial charge is 0.493 e. The van der Waals surface area contributed by atoms with Crippen molar-refractivity contribution in [2.24, 2.45) is 0 Å². The smallest absolute Gasteiger partial charge is 0.123 e. The van der Waals surface area contributed by atoms with Crippen molar-refractivity contribution < 1.29 is 14.2 Å². The van der Waals surface area contributed by atoms with Gasteiger partial charge in [-0.3, -0.25) is 0 Å². The molecule has 0 spiro atoms. The lowest BCUT2D eigenvalue weighted by molar-refractivity contribution is 0.117. The van der Waals surface area contributed by atoms with Crippen molar-refractivity contribution >= 4 is 0 Å². The molecule has 1 N–H and O–H groups in total. The van der Waals surface area contributed by atoms with Gasteiger partial charge in [0.2, 0.25) is 0 Å². The second-order valence-corrected chi connectivity index (χ2v) is 5.29. The second kappa shape index (κ2) is 5.25. The Morgan fingerprint density at radius 1 is 1.25 bits per heavy atom. The summed E-state index contributed by atoms with van der Waals surface area (Å²) in [5.74, 6) is 0.455. The van der Waals surface area contributed by atoms with E-state index in [4.69, 9.17) is 4.74 Å². The number of benzene rings is 2. The number of aliphatic hydroxyl groups is 1. The highest BCUT2D eigenvalue weighted by molar-refractivity contribution is 5.40. The van der Waals surface area contributed by atoms with Crippen molar-refractivity contribution in [3.8, 4) is 5.75 Å². The summed E-state index contributed by atoms with van der Waals surface area (Å²) in [6, 6.07) is 12.4. The number of hydrogen-bond acceptors (Lipinski definition) is 2. The number of ether oxygens (including phenoxy) is 1. The Bertz CT molecular complexity index is 604. The zero-order chi connectivity index (χ0) is 14.1. The van der Waals surface area contributed by atoms with Crippen molar-refractivity contribution in [2.75, 3.05) is 6.61 Å². The molecule has 1 aliphatic rings. The Morgan fingerprint density at radius 3 is 2.85 bits per heavy atom. The van der Waals surface area contributed by atoms with Gasteiger partial charge in [-0.15, -0.1) is 0 Å². The van der Waals surface area contributed by atoms with Gasteiger partial charge in [-0.25, -0.2) is 4.39 Å². The van der Waals surface area contributed by atoms with Crippen LogP contribution in [0.25, 0.3) is 0 Å². The first-order valence-corrected chi connectivity index (χ1v) is 6.82. The zero-order valence-electron chi connectivity index (χ0n) is 11.3. The summed E-state index contributed by atoms with van der Waals surface area (Å²) in [6.45, 7) is 2.41. The van der Waals surface area contributed by atoms with Crippen LogP contribution in [-0.2, 0) is 0 Å².